The summed E-state index contributed by atoms with van der Waals surface area (Å²) in [5, 5.41) is 0. The molecule has 1 aromatic carbocycles. The zero-order valence-electron chi connectivity index (χ0n) is 11.3. The number of nitrogens with zero attached hydrogens (tertiary/aromatic N) is 2. The maximum atomic E-state index is 12.4. The molecule has 20 heavy (non-hydrogen) atoms. The lowest BCUT2D eigenvalue weighted by atomic mass is 10.2. The van der Waals surface area contributed by atoms with Crippen molar-refractivity contribution in [1.82, 2.24) is 9.88 Å². The number of hydrogen-bond donors (Lipinski definition) is 0. The van der Waals surface area contributed by atoms with Gasteiger partial charge in [-0.05, 0) is 23.8 Å². The number of benzene rings is 1. The van der Waals surface area contributed by atoms with Gasteiger partial charge in [-0.1, -0.05) is 28.1 Å². The molecule has 0 fully saturated rings. The molecule has 104 valence electrons. The number of ether oxygens (including phenoxy) is 1. The monoisotopic (exact) mass is 334 g/mol. The van der Waals surface area contributed by atoms with E-state index in [0.29, 0.717) is 17.9 Å². The quantitative estimate of drug-likeness (QED) is 0.862. The summed E-state index contributed by atoms with van der Waals surface area (Å²) in [5.41, 5.74) is 1.58. The fraction of sp³-hybridized carbons (Fsp3) is 0.200. The van der Waals surface area contributed by atoms with Gasteiger partial charge in [0, 0.05) is 24.3 Å². The average Bonchev–Trinajstić information content (AvgIpc) is 2.48. The molecule has 0 unspecified atom stereocenters. The third-order valence-corrected chi connectivity index (χ3v) is 3.44. The standard InChI is InChI=1S/C15H15BrN2O2/c1-18(10-11-3-5-12(16)6-4-11)15(19)13-7-8-17-9-14(13)20-2/h3-9H,10H2,1-2H3. The van der Waals surface area contributed by atoms with Crippen LogP contribution < -0.4 is 4.74 Å². The van der Waals surface area contributed by atoms with Gasteiger partial charge in [-0.15, -0.1) is 0 Å². The zero-order valence-corrected chi connectivity index (χ0v) is 12.9. The second-order valence-electron chi connectivity index (χ2n) is 4.36. The van der Waals surface area contributed by atoms with E-state index in [9.17, 15) is 4.79 Å². The maximum Gasteiger partial charge on any atom is 0.257 e. The van der Waals surface area contributed by atoms with Crippen molar-refractivity contribution >= 4 is 21.8 Å². The first-order chi connectivity index (χ1) is 9.61. The topological polar surface area (TPSA) is 42.4 Å². The molecule has 0 saturated heterocycles. The van der Waals surface area contributed by atoms with Gasteiger partial charge in [-0.3, -0.25) is 9.78 Å². The minimum atomic E-state index is -0.0906. The van der Waals surface area contributed by atoms with Crippen molar-refractivity contribution in [2.75, 3.05) is 14.2 Å². The van der Waals surface area contributed by atoms with Crippen LogP contribution in [0.3, 0.4) is 0 Å². The van der Waals surface area contributed by atoms with E-state index < -0.39 is 0 Å². The molecule has 0 aliphatic carbocycles. The van der Waals surface area contributed by atoms with Gasteiger partial charge in [0.2, 0.25) is 0 Å². The van der Waals surface area contributed by atoms with Gasteiger partial charge in [0.15, 0.2) is 0 Å². The lowest BCUT2D eigenvalue weighted by molar-refractivity contribution is 0.0781. The van der Waals surface area contributed by atoms with Crippen LogP contribution in [0.15, 0.2) is 47.2 Å². The largest absolute Gasteiger partial charge is 0.494 e. The normalized spacial score (nSPS) is 10.2. The molecule has 4 nitrogen and oxygen atoms in total. The molecular formula is C15H15BrN2O2. The molecule has 1 heterocycles. The van der Waals surface area contributed by atoms with Gasteiger partial charge in [-0.2, -0.15) is 0 Å². The van der Waals surface area contributed by atoms with Crippen molar-refractivity contribution in [1.29, 1.82) is 0 Å². The van der Waals surface area contributed by atoms with Crippen LogP contribution in [0.4, 0.5) is 0 Å². The Bertz CT molecular complexity index is 599. The van der Waals surface area contributed by atoms with Gasteiger partial charge >= 0.3 is 0 Å². The summed E-state index contributed by atoms with van der Waals surface area (Å²) >= 11 is 3.39. The first-order valence-electron chi connectivity index (χ1n) is 6.09. The summed E-state index contributed by atoms with van der Waals surface area (Å²) in [6, 6.07) is 9.55. The lowest BCUT2D eigenvalue weighted by Crippen LogP contribution is -2.26. The van der Waals surface area contributed by atoms with Gasteiger partial charge in [0.05, 0.1) is 18.9 Å². The Morgan fingerprint density at radius 2 is 2.00 bits per heavy atom. The van der Waals surface area contributed by atoms with Crippen LogP contribution in [0, 0.1) is 0 Å². The molecule has 0 bridgehead atoms. The highest BCUT2D eigenvalue weighted by Gasteiger charge is 2.16. The summed E-state index contributed by atoms with van der Waals surface area (Å²) in [7, 11) is 3.30. The molecule has 0 spiro atoms. The van der Waals surface area contributed by atoms with Crippen LogP contribution >= 0.6 is 15.9 Å². The number of carbonyl (C=O) groups excluding carboxylic acids is 1. The van der Waals surface area contributed by atoms with Gasteiger partial charge in [0.1, 0.15) is 5.75 Å². The van der Waals surface area contributed by atoms with Gasteiger partial charge in [-0.25, -0.2) is 0 Å². The van der Waals surface area contributed by atoms with Crippen LogP contribution in [0.1, 0.15) is 15.9 Å². The lowest BCUT2D eigenvalue weighted by Gasteiger charge is -2.18. The second kappa shape index (κ2) is 6.52. The number of methoxy groups -OCH3 is 1. The highest BCUT2D eigenvalue weighted by molar-refractivity contribution is 9.10. The first kappa shape index (κ1) is 14.5. The van der Waals surface area contributed by atoms with E-state index in [2.05, 4.69) is 20.9 Å². The number of rotatable bonds is 4. The van der Waals surface area contributed by atoms with Crippen LogP contribution in [0.5, 0.6) is 5.75 Å². The van der Waals surface area contributed by atoms with E-state index in [1.54, 1.807) is 30.4 Å². The van der Waals surface area contributed by atoms with Crippen LogP contribution in [-0.4, -0.2) is 29.9 Å². The Morgan fingerprint density at radius 3 is 2.65 bits per heavy atom. The molecule has 0 aliphatic rings. The minimum absolute atomic E-state index is 0.0906. The van der Waals surface area contributed by atoms with E-state index >= 15 is 0 Å². The number of pyridine rings is 1. The van der Waals surface area contributed by atoms with Crippen LogP contribution in [0.2, 0.25) is 0 Å². The SMILES string of the molecule is COc1cnccc1C(=O)N(C)Cc1ccc(Br)cc1. The molecule has 0 aliphatic heterocycles. The first-order valence-corrected chi connectivity index (χ1v) is 6.89. The van der Waals surface area contributed by atoms with Crippen molar-refractivity contribution < 1.29 is 9.53 Å². The number of aromatic nitrogens is 1. The van der Waals surface area contributed by atoms with Gasteiger partial charge in [0.25, 0.3) is 5.91 Å². The molecule has 2 rings (SSSR count). The van der Waals surface area contributed by atoms with E-state index in [4.69, 9.17) is 4.74 Å². The molecule has 1 aromatic heterocycles. The summed E-state index contributed by atoms with van der Waals surface area (Å²) in [4.78, 5) is 18.0. The van der Waals surface area contributed by atoms with Crippen molar-refractivity contribution in [2.45, 2.75) is 6.54 Å². The van der Waals surface area contributed by atoms with Crippen molar-refractivity contribution in [3.8, 4) is 5.75 Å². The third kappa shape index (κ3) is 3.36. The van der Waals surface area contributed by atoms with E-state index in [1.807, 2.05) is 24.3 Å². The smallest absolute Gasteiger partial charge is 0.257 e. The van der Waals surface area contributed by atoms with E-state index in [0.717, 1.165) is 10.0 Å². The fourth-order valence-electron chi connectivity index (χ4n) is 1.86. The van der Waals surface area contributed by atoms with E-state index in [-0.39, 0.29) is 5.91 Å². The average molecular weight is 335 g/mol. The second-order valence-corrected chi connectivity index (χ2v) is 5.28. The fourth-order valence-corrected chi connectivity index (χ4v) is 2.12. The van der Waals surface area contributed by atoms with Crippen molar-refractivity contribution in [3.05, 3.63) is 58.3 Å². The number of amides is 1. The summed E-state index contributed by atoms with van der Waals surface area (Å²) < 4.78 is 6.19. The predicted octanol–water partition coefficient (Wildman–Crippen LogP) is 3.12. The Labute approximate surface area is 126 Å². The third-order valence-electron chi connectivity index (χ3n) is 2.91. The molecule has 1 amide bonds. The molecule has 0 saturated carbocycles. The summed E-state index contributed by atoms with van der Waals surface area (Å²) in [6.45, 7) is 0.539. The maximum absolute atomic E-state index is 12.4. The predicted molar refractivity (Wildman–Crippen MR) is 80.7 cm³/mol. The number of halogens is 1. The highest BCUT2D eigenvalue weighted by Crippen LogP contribution is 2.19. The molecule has 5 heteroatoms. The van der Waals surface area contributed by atoms with Crippen molar-refractivity contribution in [3.63, 3.8) is 0 Å². The Balaban J connectivity index is 2.14. The minimum Gasteiger partial charge on any atom is -0.494 e. The Kier molecular flexibility index (Phi) is 4.74. The number of hydrogen-bond acceptors (Lipinski definition) is 3. The van der Waals surface area contributed by atoms with Crippen molar-refractivity contribution in [2.24, 2.45) is 0 Å². The molecule has 2 aromatic rings. The van der Waals surface area contributed by atoms with E-state index in [1.165, 1.54) is 7.11 Å². The number of carbonyl (C=O) groups is 1. The Hall–Kier alpha value is -1.88. The molecule has 0 N–H and O–H groups in total. The van der Waals surface area contributed by atoms with Crippen LogP contribution in [-0.2, 0) is 6.54 Å². The summed E-state index contributed by atoms with van der Waals surface area (Å²) in [6.07, 6.45) is 3.13. The summed E-state index contributed by atoms with van der Waals surface area (Å²) in [5.74, 6) is 0.396. The van der Waals surface area contributed by atoms with Crippen LogP contribution in [0.25, 0.3) is 0 Å². The zero-order chi connectivity index (χ0) is 14.5. The highest BCUT2D eigenvalue weighted by atomic mass is 79.9. The Morgan fingerprint density at radius 1 is 1.30 bits per heavy atom. The molecule has 0 radical (unpaired) electrons. The molecule has 0 atom stereocenters. The molecular weight excluding hydrogens is 320 g/mol. The van der Waals surface area contributed by atoms with Gasteiger partial charge < -0.3 is 9.64 Å².